The Kier molecular flexibility index (Phi) is 3.87. The summed E-state index contributed by atoms with van der Waals surface area (Å²) in [5.74, 6) is 0. The fraction of sp³-hybridized carbons (Fsp3) is 0.231. The largest absolute Gasteiger partial charge is 0.280 e. The molecule has 16 heavy (non-hydrogen) atoms. The summed E-state index contributed by atoms with van der Waals surface area (Å²) in [6.45, 7) is 5.34. The minimum atomic E-state index is -0.879. The zero-order valence-corrected chi connectivity index (χ0v) is 9.79. The van der Waals surface area contributed by atoms with Gasteiger partial charge in [0.1, 0.15) is 0 Å². The standard InChI is InChI=1S/C13H12ClNO/c1-3-8-13(2,12(14)16)11-7-5-4-6-10(11)9-15/h3-7H,1,8H2,2H3. The monoisotopic (exact) mass is 233 g/mol. The summed E-state index contributed by atoms with van der Waals surface area (Å²) in [4.78, 5) is 11.5. The van der Waals surface area contributed by atoms with E-state index in [4.69, 9.17) is 16.9 Å². The van der Waals surface area contributed by atoms with Gasteiger partial charge in [0.25, 0.3) is 0 Å². The molecule has 1 rings (SSSR count). The van der Waals surface area contributed by atoms with Gasteiger partial charge in [-0.3, -0.25) is 4.79 Å². The molecule has 0 aliphatic rings. The third-order valence-electron chi connectivity index (χ3n) is 2.63. The Morgan fingerprint density at radius 1 is 1.62 bits per heavy atom. The molecule has 2 nitrogen and oxygen atoms in total. The van der Waals surface area contributed by atoms with E-state index in [0.717, 1.165) is 0 Å². The van der Waals surface area contributed by atoms with Crippen LogP contribution in [-0.4, -0.2) is 5.24 Å². The van der Waals surface area contributed by atoms with Gasteiger partial charge in [0.2, 0.25) is 5.24 Å². The van der Waals surface area contributed by atoms with E-state index in [1.54, 1.807) is 37.3 Å². The van der Waals surface area contributed by atoms with Gasteiger partial charge in [-0.2, -0.15) is 5.26 Å². The Bertz CT molecular complexity index is 461. The smallest absolute Gasteiger partial charge is 0.232 e. The number of halogens is 1. The fourth-order valence-electron chi connectivity index (χ4n) is 1.65. The number of carbonyl (C=O) groups excluding carboxylic acids is 1. The van der Waals surface area contributed by atoms with Crippen molar-refractivity contribution in [1.82, 2.24) is 0 Å². The van der Waals surface area contributed by atoms with Crippen LogP contribution in [0.25, 0.3) is 0 Å². The molecule has 0 saturated carbocycles. The van der Waals surface area contributed by atoms with Crippen molar-refractivity contribution >= 4 is 16.8 Å². The summed E-state index contributed by atoms with van der Waals surface area (Å²) >= 11 is 5.63. The number of nitrogens with zero attached hydrogens (tertiary/aromatic N) is 1. The van der Waals surface area contributed by atoms with Crippen molar-refractivity contribution in [2.24, 2.45) is 0 Å². The maximum absolute atomic E-state index is 11.5. The molecule has 82 valence electrons. The van der Waals surface area contributed by atoms with Gasteiger partial charge in [-0.05, 0) is 36.6 Å². The second-order valence-corrected chi connectivity index (χ2v) is 4.10. The van der Waals surface area contributed by atoms with Crippen LogP contribution >= 0.6 is 11.6 Å². The average molecular weight is 234 g/mol. The van der Waals surface area contributed by atoms with Crippen LogP contribution in [0.4, 0.5) is 0 Å². The topological polar surface area (TPSA) is 40.9 Å². The Morgan fingerprint density at radius 3 is 2.75 bits per heavy atom. The van der Waals surface area contributed by atoms with Crippen LogP contribution in [0, 0.1) is 11.3 Å². The molecule has 1 unspecified atom stereocenters. The van der Waals surface area contributed by atoms with Crippen LogP contribution < -0.4 is 0 Å². The zero-order valence-electron chi connectivity index (χ0n) is 9.03. The van der Waals surface area contributed by atoms with Crippen LogP contribution in [0.3, 0.4) is 0 Å². The molecule has 1 atom stereocenters. The van der Waals surface area contributed by atoms with Gasteiger partial charge >= 0.3 is 0 Å². The van der Waals surface area contributed by atoms with Crippen LogP contribution in [-0.2, 0) is 10.2 Å². The summed E-state index contributed by atoms with van der Waals surface area (Å²) < 4.78 is 0. The molecular weight excluding hydrogens is 222 g/mol. The summed E-state index contributed by atoms with van der Waals surface area (Å²) in [6, 6.07) is 9.05. The normalized spacial score (nSPS) is 13.6. The Labute approximate surface area is 100 Å². The summed E-state index contributed by atoms with van der Waals surface area (Å²) in [7, 11) is 0. The van der Waals surface area contributed by atoms with E-state index in [-0.39, 0.29) is 0 Å². The number of hydrogen-bond acceptors (Lipinski definition) is 2. The number of benzene rings is 1. The summed E-state index contributed by atoms with van der Waals surface area (Å²) in [5.41, 5.74) is 0.244. The Morgan fingerprint density at radius 2 is 2.25 bits per heavy atom. The van der Waals surface area contributed by atoms with E-state index in [1.807, 2.05) is 0 Å². The first-order valence-corrected chi connectivity index (χ1v) is 5.24. The van der Waals surface area contributed by atoms with Crippen molar-refractivity contribution in [3.63, 3.8) is 0 Å². The third-order valence-corrected chi connectivity index (χ3v) is 3.05. The molecule has 0 aromatic heterocycles. The molecule has 0 fully saturated rings. The minimum absolute atomic E-state index is 0.411. The molecule has 1 aromatic rings. The van der Waals surface area contributed by atoms with Crippen molar-refractivity contribution in [3.05, 3.63) is 48.0 Å². The minimum Gasteiger partial charge on any atom is -0.280 e. The van der Waals surface area contributed by atoms with Crippen molar-refractivity contribution in [2.45, 2.75) is 18.8 Å². The number of allylic oxidation sites excluding steroid dienone is 1. The van der Waals surface area contributed by atoms with Crippen molar-refractivity contribution < 1.29 is 4.79 Å². The first kappa shape index (κ1) is 12.5. The van der Waals surface area contributed by atoms with E-state index < -0.39 is 10.7 Å². The SMILES string of the molecule is C=CCC(C)(C(=O)Cl)c1ccccc1C#N. The lowest BCUT2D eigenvalue weighted by atomic mass is 9.78. The average Bonchev–Trinajstić information content (AvgIpc) is 2.29. The van der Waals surface area contributed by atoms with Crippen molar-refractivity contribution in [3.8, 4) is 6.07 Å². The molecule has 0 saturated heterocycles. The first-order chi connectivity index (χ1) is 7.56. The predicted molar refractivity (Wildman–Crippen MR) is 64.2 cm³/mol. The number of nitriles is 1. The summed E-state index contributed by atoms with van der Waals surface area (Å²) in [5, 5.41) is 8.52. The van der Waals surface area contributed by atoms with Crippen LogP contribution in [0.15, 0.2) is 36.9 Å². The summed E-state index contributed by atoms with van der Waals surface area (Å²) in [6.07, 6.45) is 2.04. The maximum Gasteiger partial charge on any atom is 0.232 e. The van der Waals surface area contributed by atoms with Crippen LogP contribution in [0.1, 0.15) is 24.5 Å². The van der Waals surface area contributed by atoms with E-state index in [1.165, 1.54) is 0 Å². The highest BCUT2D eigenvalue weighted by Crippen LogP contribution is 2.32. The number of carbonyl (C=O) groups is 1. The van der Waals surface area contributed by atoms with Gasteiger partial charge in [-0.25, -0.2) is 0 Å². The lowest BCUT2D eigenvalue weighted by molar-refractivity contribution is -0.116. The molecule has 0 aliphatic carbocycles. The maximum atomic E-state index is 11.5. The molecule has 3 heteroatoms. The number of rotatable bonds is 4. The lowest BCUT2D eigenvalue weighted by Crippen LogP contribution is -2.29. The highest BCUT2D eigenvalue weighted by molar-refractivity contribution is 6.65. The number of hydrogen-bond donors (Lipinski definition) is 0. The van der Waals surface area contributed by atoms with E-state index >= 15 is 0 Å². The highest BCUT2D eigenvalue weighted by Gasteiger charge is 2.34. The molecule has 0 bridgehead atoms. The quantitative estimate of drug-likeness (QED) is 0.592. The second-order valence-electron chi connectivity index (χ2n) is 3.76. The van der Waals surface area contributed by atoms with Crippen molar-refractivity contribution in [1.29, 1.82) is 5.26 Å². The molecule has 1 aromatic carbocycles. The first-order valence-electron chi connectivity index (χ1n) is 4.86. The zero-order chi connectivity index (χ0) is 12.2. The van der Waals surface area contributed by atoms with Gasteiger partial charge in [0.05, 0.1) is 17.0 Å². The molecule has 0 aliphatic heterocycles. The predicted octanol–water partition coefficient (Wildman–Crippen LogP) is 3.16. The highest BCUT2D eigenvalue weighted by atomic mass is 35.5. The van der Waals surface area contributed by atoms with E-state index in [0.29, 0.717) is 17.5 Å². The van der Waals surface area contributed by atoms with Gasteiger partial charge in [0.15, 0.2) is 0 Å². The Hall–Kier alpha value is -1.59. The third kappa shape index (κ3) is 2.15. The van der Waals surface area contributed by atoms with Gasteiger partial charge < -0.3 is 0 Å². The fourth-order valence-corrected chi connectivity index (χ4v) is 1.83. The van der Waals surface area contributed by atoms with Crippen LogP contribution in [0.5, 0.6) is 0 Å². The molecule has 0 N–H and O–H groups in total. The molecule has 0 heterocycles. The molecule has 0 radical (unpaired) electrons. The van der Waals surface area contributed by atoms with Crippen molar-refractivity contribution in [2.75, 3.05) is 0 Å². The van der Waals surface area contributed by atoms with E-state index in [2.05, 4.69) is 12.6 Å². The van der Waals surface area contributed by atoms with Gasteiger partial charge in [-0.1, -0.05) is 24.3 Å². The Balaban J connectivity index is 3.38. The molecule has 0 spiro atoms. The lowest BCUT2D eigenvalue weighted by Gasteiger charge is -2.25. The second kappa shape index (κ2) is 4.96. The van der Waals surface area contributed by atoms with E-state index in [9.17, 15) is 4.79 Å². The molecule has 0 amide bonds. The molecular formula is C13H12ClNO. The van der Waals surface area contributed by atoms with Crippen LogP contribution in [0.2, 0.25) is 0 Å². The van der Waals surface area contributed by atoms with Gasteiger partial charge in [-0.15, -0.1) is 6.58 Å². The van der Waals surface area contributed by atoms with Gasteiger partial charge in [0, 0.05) is 0 Å².